The van der Waals surface area contributed by atoms with E-state index in [-0.39, 0.29) is 6.04 Å². The fraction of sp³-hybridized carbons (Fsp3) is 0.222. The number of halogens is 3. The van der Waals surface area contributed by atoms with Crippen molar-refractivity contribution in [2.75, 3.05) is 11.4 Å². The summed E-state index contributed by atoms with van der Waals surface area (Å²) in [5.74, 6) is 0. The Hall–Kier alpha value is -2.23. The Morgan fingerprint density at radius 2 is 1.59 bits per heavy atom. The van der Waals surface area contributed by atoms with E-state index in [1.165, 1.54) is 0 Å². The van der Waals surface area contributed by atoms with Crippen molar-refractivity contribution in [1.82, 2.24) is 0 Å². The highest BCUT2D eigenvalue weighted by Gasteiger charge is 2.31. The van der Waals surface area contributed by atoms with Gasteiger partial charge >= 0.3 is 6.18 Å². The van der Waals surface area contributed by atoms with Crippen LogP contribution in [-0.4, -0.2) is 6.54 Å². The molecule has 0 fully saturated rings. The maximum absolute atomic E-state index is 12.7. The van der Waals surface area contributed by atoms with E-state index < -0.39 is 11.7 Å². The van der Waals surface area contributed by atoms with Crippen molar-refractivity contribution in [2.45, 2.75) is 19.1 Å². The van der Waals surface area contributed by atoms with Crippen LogP contribution >= 0.6 is 0 Å². The molecule has 1 unspecified atom stereocenters. The van der Waals surface area contributed by atoms with E-state index in [2.05, 4.69) is 11.0 Å². The van der Waals surface area contributed by atoms with Crippen LogP contribution in [0, 0.1) is 0 Å². The van der Waals surface area contributed by atoms with Gasteiger partial charge in [-0.05, 0) is 42.3 Å². The van der Waals surface area contributed by atoms with Gasteiger partial charge in [0.25, 0.3) is 0 Å². The van der Waals surface area contributed by atoms with Crippen LogP contribution in [0.3, 0.4) is 0 Å². The van der Waals surface area contributed by atoms with Gasteiger partial charge in [0.1, 0.15) is 0 Å². The number of benzene rings is 2. The topological polar surface area (TPSA) is 3.24 Å². The minimum Gasteiger partial charge on any atom is -0.357 e. The van der Waals surface area contributed by atoms with Gasteiger partial charge in [0.05, 0.1) is 11.6 Å². The number of anilines is 1. The van der Waals surface area contributed by atoms with Crippen LogP contribution in [0.4, 0.5) is 18.9 Å². The zero-order valence-corrected chi connectivity index (χ0v) is 12.1. The van der Waals surface area contributed by atoms with E-state index in [0.29, 0.717) is 0 Å². The van der Waals surface area contributed by atoms with Crippen molar-refractivity contribution in [1.29, 1.82) is 0 Å². The summed E-state index contributed by atoms with van der Waals surface area (Å²) >= 11 is 0. The summed E-state index contributed by atoms with van der Waals surface area (Å²) in [6.07, 6.45) is -2.17. The lowest BCUT2D eigenvalue weighted by atomic mass is 9.99. The first-order chi connectivity index (χ1) is 10.5. The molecular formula is C18H16F3N. The van der Waals surface area contributed by atoms with Crippen LogP contribution in [-0.2, 0) is 6.18 Å². The van der Waals surface area contributed by atoms with E-state index in [1.54, 1.807) is 12.1 Å². The summed E-state index contributed by atoms with van der Waals surface area (Å²) < 4.78 is 38.1. The lowest BCUT2D eigenvalue weighted by Crippen LogP contribution is -2.24. The van der Waals surface area contributed by atoms with Gasteiger partial charge in [-0.3, -0.25) is 0 Å². The minimum absolute atomic E-state index is 0.00955. The van der Waals surface area contributed by atoms with Crippen LogP contribution < -0.4 is 4.90 Å². The molecule has 1 aliphatic heterocycles. The maximum atomic E-state index is 12.7. The molecule has 0 aromatic heterocycles. The molecule has 1 atom stereocenters. The van der Waals surface area contributed by atoms with Crippen molar-refractivity contribution in [3.05, 3.63) is 77.4 Å². The van der Waals surface area contributed by atoms with Gasteiger partial charge in [0.15, 0.2) is 0 Å². The normalized spacial score (nSPS) is 18.5. The Morgan fingerprint density at radius 1 is 0.955 bits per heavy atom. The zero-order chi connectivity index (χ0) is 15.7. The molecule has 0 radical (unpaired) electrons. The Morgan fingerprint density at radius 3 is 2.18 bits per heavy atom. The second-order valence-corrected chi connectivity index (χ2v) is 5.46. The Balaban J connectivity index is 1.93. The van der Waals surface area contributed by atoms with E-state index in [9.17, 15) is 13.2 Å². The Labute approximate surface area is 127 Å². The van der Waals surface area contributed by atoms with E-state index in [1.807, 2.05) is 37.3 Å². The Kier molecular flexibility index (Phi) is 3.69. The standard InChI is InChI=1S/C18H16F3N/c1-13-11-12-22(16-5-3-2-4-6-16)17(13)14-7-9-15(10-8-14)18(19,20)21/h2-11,17H,12H2,1H3. The fourth-order valence-corrected chi connectivity index (χ4v) is 2.88. The number of nitrogens with zero attached hydrogens (tertiary/aromatic N) is 1. The molecule has 1 aliphatic rings. The summed E-state index contributed by atoms with van der Waals surface area (Å²) in [7, 11) is 0. The van der Waals surface area contributed by atoms with Crippen molar-refractivity contribution in [3.8, 4) is 0 Å². The molecule has 0 amide bonds. The average molecular weight is 303 g/mol. The molecule has 114 valence electrons. The Bertz CT molecular complexity index is 672. The van der Waals surface area contributed by atoms with Gasteiger partial charge < -0.3 is 4.90 Å². The molecule has 2 aromatic rings. The highest BCUT2D eigenvalue weighted by atomic mass is 19.4. The predicted octanol–water partition coefficient (Wildman–Crippen LogP) is 5.21. The SMILES string of the molecule is CC1=CCN(c2ccccc2)C1c1ccc(C(F)(F)F)cc1. The molecule has 2 aromatic carbocycles. The molecule has 0 bridgehead atoms. The summed E-state index contributed by atoms with van der Waals surface area (Å²) in [4.78, 5) is 2.19. The summed E-state index contributed by atoms with van der Waals surface area (Å²) in [5.41, 5.74) is 2.49. The van der Waals surface area contributed by atoms with Crippen LogP contribution in [0.5, 0.6) is 0 Å². The van der Waals surface area contributed by atoms with Crippen molar-refractivity contribution >= 4 is 5.69 Å². The van der Waals surface area contributed by atoms with Gasteiger partial charge in [-0.25, -0.2) is 0 Å². The second kappa shape index (κ2) is 5.52. The van der Waals surface area contributed by atoms with Gasteiger partial charge in [-0.2, -0.15) is 13.2 Å². The first kappa shape index (κ1) is 14.7. The van der Waals surface area contributed by atoms with Crippen molar-refractivity contribution < 1.29 is 13.2 Å². The highest BCUT2D eigenvalue weighted by molar-refractivity contribution is 5.55. The molecule has 0 N–H and O–H groups in total. The van der Waals surface area contributed by atoms with Gasteiger partial charge in [0, 0.05) is 12.2 Å². The highest BCUT2D eigenvalue weighted by Crippen LogP contribution is 2.38. The van der Waals surface area contributed by atoms with Crippen molar-refractivity contribution in [2.24, 2.45) is 0 Å². The summed E-state index contributed by atoms with van der Waals surface area (Å²) in [5, 5.41) is 0. The molecule has 1 heterocycles. The lowest BCUT2D eigenvalue weighted by molar-refractivity contribution is -0.137. The van der Waals surface area contributed by atoms with Crippen LogP contribution in [0.15, 0.2) is 66.2 Å². The number of hydrogen-bond donors (Lipinski definition) is 0. The third-order valence-electron chi connectivity index (χ3n) is 3.99. The molecule has 3 rings (SSSR count). The van der Waals surface area contributed by atoms with E-state index in [4.69, 9.17) is 0 Å². The molecule has 0 saturated heterocycles. The lowest BCUT2D eigenvalue weighted by Gasteiger charge is -2.29. The predicted molar refractivity (Wildman–Crippen MR) is 81.7 cm³/mol. The number of alkyl halides is 3. The molecule has 0 saturated carbocycles. The average Bonchev–Trinajstić information content (AvgIpc) is 2.89. The first-order valence-electron chi connectivity index (χ1n) is 7.12. The van der Waals surface area contributed by atoms with Crippen LogP contribution in [0.1, 0.15) is 24.1 Å². The quantitative estimate of drug-likeness (QED) is 0.688. The number of hydrogen-bond acceptors (Lipinski definition) is 1. The third kappa shape index (κ3) is 2.73. The second-order valence-electron chi connectivity index (χ2n) is 5.46. The number of para-hydroxylation sites is 1. The largest absolute Gasteiger partial charge is 0.416 e. The van der Waals surface area contributed by atoms with Gasteiger partial charge in [-0.15, -0.1) is 0 Å². The maximum Gasteiger partial charge on any atom is 0.416 e. The molecular weight excluding hydrogens is 287 g/mol. The van der Waals surface area contributed by atoms with Gasteiger partial charge in [0.2, 0.25) is 0 Å². The summed E-state index contributed by atoms with van der Waals surface area (Å²) in [6, 6.07) is 15.4. The molecule has 1 nitrogen and oxygen atoms in total. The molecule has 4 heteroatoms. The molecule has 0 aliphatic carbocycles. The fourth-order valence-electron chi connectivity index (χ4n) is 2.88. The van der Waals surface area contributed by atoms with Crippen LogP contribution in [0.2, 0.25) is 0 Å². The minimum atomic E-state index is -4.29. The van der Waals surface area contributed by atoms with E-state index >= 15 is 0 Å². The van der Waals surface area contributed by atoms with Gasteiger partial charge in [-0.1, -0.05) is 36.4 Å². The zero-order valence-electron chi connectivity index (χ0n) is 12.1. The van der Waals surface area contributed by atoms with Crippen molar-refractivity contribution in [3.63, 3.8) is 0 Å². The number of rotatable bonds is 2. The first-order valence-corrected chi connectivity index (χ1v) is 7.12. The third-order valence-corrected chi connectivity index (χ3v) is 3.99. The van der Waals surface area contributed by atoms with Crippen LogP contribution in [0.25, 0.3) is 0 Å². The molecule has 22 heavy (non-hydrogen) atoms. The van der Waals surface area contributed by atoms with E-state index in [0.717, 1.165) is 35.5 Å². The smallest absolute Gasteiger partial charge is 0.357 e. The molecule has 0 spiro atoms. The monoisotopic (exact) mass is 303 g/mol. The summed E-state index contributed by atoms with van der Waals surface area (Å²) in [6.45, 7) is 2.78.